The minimum absolute atomic E-state index is 0.0762. The Kier molecular flexibility index (Phi) is 1.77. The number of rotatable bonds is 2. The molecule has 0 radical (unpaired) electrons. The Bertz CT molecular complexity index is 222. The average Bonchev–Trinajstić information content (AvgIpc) is 2.16. The fourth-order valence-corrected chi connectivity index (χ4v) is 2.74. The Labute approximate surface area is 72.9 Å². The molecule has 1 saturated carbocycles. The highest BCUT2D eigenvalue weighted by Crippen LogP contribution is 2.58. The molecule has 0 aromatic carbocycles. The molecule has 3 aliphatic carbocycles. The Balaban J connectivity index is 2.21. The normalized spacial score (nSPS) is 45.1. The number of allylic oxidation sites excluding steroid dienone is 1. The van der Waals surface area contributed by atoms with Crippen LogP contribution < -0.4 is 0 Å². The number of fused-ring (bicyclic) bond motifs is 1. The molecule has 2 bridgehead atoms. The highest BCUT2D eigenvalue weighted by atomic mass is 16.3. The van der Waals surface area contributed by atoms with Crippen molar-refractivity contribution in [3.8, 4) is 0 Å². The first kappa shape index (κ1) is 8.27. The molecule has 2 nitrogen and oxygen atoms in total. The number of aliphatic hydroxyl groups is 2. The maximum atomic E-state index is 9.26. The van der Waals surface area contributed by atoms with Crippen molar-refractivity contribution in [2.75, 3.05) is 13.2 Å². The van der Waals surface area contributed by atoms with E-state index in [1.165, 1.54) is 6.42 Å². The lowest BCUT2D eigenvalue weighted by Gasteiger charge is -2.57. The van der Waals surface area contributed by atoms with Crippen molar-refractivity contribution in [1.82, 2.24) is 0 Å². The quantitative estimate of drug-likeness (QED) is 0.602. The predicted octanol–water partition coefficient (Wildman–Crippen LogP) is 0.944. The van der Waals surface area contributed by atoms with E-state index in [0.717, 1.165) is 12.0 Å². The second-order valence-electron chi connectivity index (χ2n) is 4.32. The van der Waals surface area contributed by atoms with Gasteiger partial charge in [0.15, 0.2) is 0 Å². The minimum Gasteiger partial charge on any atom is -0.396 e. The Hall–Kier alpha value is -0.340. The third-order valence-electron chi connectivity index (χ3n) is 3.88. The molecule has 0 aromatic rings. The van der Waals surface area contributed by atoms with Crippen LogP contribution in [0, 0.1) is 17.3 Å². The Morgan fingerprint density at radius 3 is 2.83 bits per heavy atom. The van der Waals surface area contributed by atoms with Gasteiger partial charge in [0.1, 0.15) is 0 Å². The van der Waals surface area contributed by atoms with Crippen LogP contribution in [0.2, 0.25) is 0 Å². The first-order chi connectivity index (χ1) is 5.72. The summed E-state index contributed by atoms with van der Waals surface area (Å²) in [6, 6.07) is 0. The van der Waals surface area contributed by atoms with Gasteiger partial charge in [-0.1, -0.05) is 13.0 Å². The van der Waals surface area contributed by atoms with Crippen molar-refractivity contribution < 1.29 is 10.2 Å². The molecule has 1 fully saturated rings. The lowest BCUT2D eigenvalue weighted by atomic mass is 9.48. The van der Waals surface area contributed by atoms with Gasteiger partial charge in [-0.05, 0) is 30.3 Å². The monoisotopic (exact) mass is 168 g/mol. The predicted molar refractivity (Wildman–Crippen MR) is 46.6 cm³/mol. The zero-order valence-electron chi connectivity index (χ0n) is 7.45. The molecule has 3 atom stereocenters. The van der Waals surface area contributed by atoms with E-state index in [1.54, 1.807) is 0 Å². The first-order valence-electron chi connectivity index (χ1n) is 4.63. The van der Waals surface area contributed by atoms with Crippen LogP contribution in [-0.2, 0) is 0 Å². The molecular formula is C10H16O2. The Morgan fingerprint density at radius 2 is 2.33 bits per heavy atom. The second-order valence-corrected chi connectivity index (χ2v) is 4.32. The number of hydrogen-bond acceptors (Lipinski definition) is 2. The van der Waals surface area contributed by atoms with Gasteiger partial charge in [-0.25, -0.2) is 0 Å². The zero-order chi connectivity index (χ0) is 8.77. The third kappa shape index (κ3) is 0.824. The van der Waals surface area contributed by atoms with Gasteiger partial charge in [0.25, 0.3) is 0 Å². The maximum Gasteiger partial charge on any atom is 0.0644 e. The topological polar surface area (TPSA) is 40.5 Å². The summed E-state index contributed by atoms with van der Waals surface area (Å²) >= 11 is 0. The molecule has 2 N–H and O–H groups in total. The van der Waals surface area contributed by atoms with E-state index in [2.05, 4.69) is 13.0 Å². The fourth-order valence-electron chi connectivity index (χ4n) is 2.74. The van der Waals surface area contributed by atoms with Crippen LogP contribution in [-0.4, -0.2) is 23.4 Å². The number of aliphatic hydroxyl groups excluding tert-OH is 2. The maximum absolute atomic E-state index is 9.26. The summed E-state index contributed by atoms with van der Waals surface area (Å²) in [6.45, 7) is 2.57. The van der Waals surface area contributed by atoms with E-state index < -0.39 is 0 Å². The largest absolute Gasteiger partial charge is 0.396 e. The summed E-state index contributed by atoms with van der Waals surface area (Å²) in [5.41, 5.74) is 1.22. The SMILES string of the molecule is C[C@]1(CO)[C@@H]2CC=C(CO)[C@H]1C2. The van der Waals surface area contributed by atoms with E-state index >= 15 is 0 Å². The summed E-state index contributed by atoms with van der Waals surface area (Å²) < 4.78 is 0. The Morgan fingerprint density at radius 1 is 1.58 bits per heavy atom. The van der Waals surface area contributed by atoms with Crippen molar-refractivity contribution in [3.05, 3.63) is 11.6 Å². The molecule has 0 heterocycles. The van der Waals surface area contributed by atoms with Crippen LogP contribution in [0.4, 0.5) is 0 Å². The van der Waals surface area contributed by atoms with Crippen LogP contribution in [0.3, 0.4) is 0 Å². The molecule has 3 rings (SSSR count). The molecule has 0 aromatic heterocycles. The molecule has 2 heteroatoms. The molecule has 0 unspecified atom stereocenters. The molecule has 0 amide bonds. The average molecular weight is 168 g/mol. The van der Waals surface area contributed by atoms with Crippen molar-refractivity contribution in [3.63, 3.8) is 0 Å². The van der Waals surface area contributed by atoms with Gasteiger partial charge in [0.05, 0.1) is 6.61 Å². The molecule has 0 saturated heterocycles. The fraction of sp³-hybridized carbons (Fsp3) is 0.800. The van der Waals surface area contributed by atoms with Gasteiger partial charge in [-0.3, -0.25) is 0 Å². The first-order valence-corrected chi connectivity index (χ1v) is 4.63. The molecule has 3 aliphatic rings. The van der Waals surface area contributed by atoms with Crippen LogP contribution in [0.15, 0.2) is 11.6 Å². The lowest BCUT2D eigenvalue weighted by molar-refractivity contribution is -0.0717. The van der Waals surface area contributed by atoms with Crippen LogP contribution >= 0.6 is 0 Å². The summed E-state index contributed by atoms with van der Waals surface area (Å²) in [6.07, 6.45) is 4.36. The van der Waals surface area contributed by atoms with Crippen molar-refractivity contribution >= 4 is 0 Å². The van der Waals surface area contributed by atoms with Crippen LogP contribution in [0.25, 0.3) is 0 Å². The van der Waals surface area contributed by atoms with Gasteiger partial charge in [-0.15, -0.1) is 0 Å². The summed E-state index contributed by atoms with van der Waals surface area (Å²) in [7, 11) is 0. The summed E-state index contributed by atoms with van der Waals surface area (Å²) in [5.74, 6) is 1.11. The van der Waals surface area contributed by atoms with Gasteiger partial charge in [-0.2, -0.15) is 0 Å². The standard InChI is InChI=1S/C10H16O2/c1-10(6-12)8-3-2-7(5-11)9(10)4-8/h2,8-9,11-12H,3-6H2,1H3/t8-,9-,10+/m1/s1. The van der Waals surface area contributed by atoms with Gasteiger partial charge < -0.3 is 10.2 Å². The third-order valence-corrected chi connectivity index (χ3v) is 3.88. The van der Waals surface area contributed by atoms with E-state index in [4.69, 9.17) is 5.11 Å². The summed E-state index contributed by atoms with van der Waals surface area (Å²) in [5, 5.41) is 18.3. The molecule has 0 spiro atoms. The van der Waals surface area contributed by atoms with Gasteiger partial charge in [0, 0.05) is 12.0 Å². The van der Waals surface area contributed by atoms with E-state index in [0.29, 0.717) is 11.8 Å². The minimum atomic E-state index is 0.0762. The van der Waals surface area contributed by atoms with E-state index in [-0.39, 0.29) is 18.6 Å². The zero-order valence-corrected chi connectivity index (χ0v) is 7.45. The number of hydrogen-bond donors (Lipinski definition) is 2. The molecule has 0 aliphatic heterocycles. The highest BCUT2D eigenvalue weighted by molar-refractivity contribution is 5.24. The van der Waals surface area contributed by atoms with Gasteiger partial charge in [0.2, 0.25) is 0 Å². The summed E-state index contributed by atoms with van der Waals surface area (Å²) in [4.78, 5) is 0. The van der Waals surface area contributed by atoms with Crippen molar-refractivity contribution in [2.45, 2.75) is 19.8 Å². The lowest BCUT2D eigenvalue weighted by Crippen LogP contribution is -2.52. The van der Waals surface area contributed by atoms with Crippen molar-refractivity contribution in [2.24, 2.45) is 17.3 Å². The highest BCUT2D eigenvalue weighted by Gasteiger charge is 2.53. The van der Waals surface area contributed by atoms with Gasteiger partial charge >= 0.3 is 0 Å². The molecular weight excluding hydrogens is 152 g/mol. The van der Waals surface area contributed by atoms with Crippen LogP contribution in [0.5, 0.6) is 0 Å². The molecule has 12 heavy (non-hydrogen) atoms. The smallest absolute Gasteiger partial charge is 0.0644 e. The van der Waals surface area contributed by atoms with E-state index in [1.807, 2.05) is 0 Å². The van der Waals surface area contributed by atoms with E-state index in [9.17, 15) is 5.11 Å². The van der Waals surface area contributed by atoms with Crippen molar-refractivity contribution in [1.29, 1.82) is 0 Å². The molecule has 68 valence electrons. The second kappa shape index (κ2) is 2.57. The van der Waals surface area contributed by atoms with Crippen LogP contribution in [0.1, 0.15) is 19.8 Å².